The summed E-state index contributed by atoms with van der Waals surface area (Å²) in [5, 5.41) is 0. The number of nitrogens with zero attached hydrogens (tertiary/aromatic N) is 1. The van der Waals surface area contributed by atoms with E-state index in [1.807, 2.05) is 31.3 Å². The van der Waals surface area contributed by atoms with Gasteiger partial charge in [-0.25, -0.2) is 0 Å². The molecule has 1 rings (SSSR count). The fraction of sp³-hybridized carbons (Fsp3) is 0.438. The summed E-state index contributed by atoms with van der Waals surface area (Å²) in [5.41, 5.74) is 7.18. The van der Waals surface area contributed by atoms with Crippen molar-refractivity contribution < 1.29 is 4.79 Å². The van der Waals surface area contributed by atoms with Crippen LogP contribution in [0.1, 0.15) is 24.8 Å². The first-order chi connectivity index (χ1) is 9.15. The average molecular weight is 260 g/mol. The molecule has 1 amide bonds. The largest absolute Gasteiger partial charge is 0.344 e. The summed E-state index contributed by atoms with van der Waals surface area (Å²) in [7, 11) is 1.81. The molecule has 3 heteroatoms. The van der Waals surface area contributed by atoms with E-state index in [2.05, 4.69) is 18.7 Å². The summed E-state index contributed by atoms with van der Waals surface area (Å²) in [6.45, 7) is 4.41. The molecule has 0 aliphatic heterocycles. The molecule has 0 saturated heterocycles. The Balaban J connectivity index is 2.33. The first kappa shape index (κ1) is 15.4. The highest BCUT2D eigenvalue weighted by atomic mass is 16.2. The van der Waals surface area contributed by atoms with Crippen LogP contribution in [-0.4, -0.2) is 30.4 Å². The number of likely N-dealkylation sites (N-methyl/N-ethyl adjacent to an activating group) is 1. The van der Waals surface area contributed by atoms with Gasteiger partial charge in [0.2, 0.25) is 5.91 Å². The fourth-order valence-electron chi connectivity index (χ4n) is 1.96. The molecule has 104 valence electrons. The molecule has 0 aromatic heterocycles. The maximum absolute atomic E-state index is 12.0. The smallest absolute Gasteiger partial charge is 0.239 e. The minimum absolute atomic E-state index is 0.0278. The Kier molecular flexibility index (Phi) is 6.90. The lowest BCUT2D eigenvalue weighted by molar-refractivity contribution is -0.131. The number of nitrogens with two attached hydrogens (primary N) is 1. The SMILES string of the molecule is C=CCCCN(C)C(=O)[C@@H](N)CCc1ccccc1. The van der Waals surface area contributed by atoms with E-state index in [4.69, 9.17) is 5.73 Å². The van der Waals surface area contributed by atoms with Crippen molar-refractivity contribution in [3.63, 3.8) is 0 Å². The topological polar surface area (TPSA) is 46.3 Å². The molecule has 19 heavy (non-hydrogen) atoms. The van der Waals surface area contributed by atoms with Gasteiger partial charge < -0.3 is 10.6 Å². The van der Waals surface area contributed by atoms with Crippen molar-refractivity contribution in [3.8, 4) is 0 Å². The van der Waals surface area contributed by atoms with E-state index < -0.39 is 6.04 Å². The van der Waals surface area contributed by atoms with Gasteiger partial charge >= 0.3 is 0 Å². The van der Waals surface area contributed by atoms with E-state index >= 15 is 0 Å². The molecular formula is C16H24N2O. The van der Waals surface area contributed by atoms with Crippen molar-refractivity contribution in [1.29, 1.82) is 0 Å². The normalized spacial score (nSPS) is 11.9. The zero-order valence-corrected chi connectivity index (χ0v) is 11.7. The molecule has 1 atom stereocenters. The van der Waals surface area contributed by atoms with E-state index in [9.17, 15) is 4.79 Å². The number of aryl methyl sites for hydroxylation is 1. The molecule has 1 aromatic rings. The minimum atomic E-state index is -0.408. The van der Waals surface area contributed by atoms with E-state index in [1.165, 1.54) is 5.56 Å². The number of carbonyl (C=O) groups is 1. The van der Waals surface area contributed by atoms with Crippen molar-refractivity contribution in [3.05, 3.63) is 48.6 Å². The minimum Gasteiger partial charge on any atom is -0.344 e. The van der Waals surface area contributed by atoms with E-state index in [0.717, 1.165) is 25.8 Å². The Morgan fingerprint density at radius 2 is 2.11 bits per heavy atom. The molecule has 0 spiro atoms. The number of carbonyl (C=O) groups excluding carboxylic acids is 1. The second-order valence-electron chi connectivity index (χ2n) is 4.82. The van der Waals surface area contributed by atoms with Crippen LogP contribution in [0.3, 0.4) is 0 Å². The number of benzene rings is 1. The summed E-state index contributed by atoms with van der Waals surface area (Å²) < 4.78 is 0. The number of hydrogen-bond acceptors (Lipinski definition) is 2. The highest BCUT2D eigenvalue weighted by Gasteiger charge is 2.17. The molecule has 0 fully saturated rings. The van der Waals surface area contributed by atoms with E-state index in [1.54, 1.807) is 4.90 Å². The lowest BCUT2D eigenvalue weighted by Crippen LogP contribution is -2.42. The maximum atomic E-state index is 12.0. The van der Waals surface area contributed by atoms with Crippen molar-refractivity contribution in [2.45, 2.75) is 31.7 Å². The van der Waals surface area contributed by atoms with Gasteiger partial charge in [0.1, 0.15) is 0 Å². The highest BCUT2D eigenvalue weighted by Crippen LogP contribution is 2.06. The zero-order valence-electron chi connectivity index (χ0n) is 11.7. The Bertz CT molecular complexity index is 389. The van der Waals surface area contributed by atoms with Crippen LogP contribution < -0.4 is 5.73 Å². The third-order valence-corrected chi connectivity index (χ3v) is 3.18. The van der Waals surface area contributed by atoms with Crippen LogP contribution >= 0.6 is 0 Å². The van der Waals surface area contributed by atoms with Gasteiger partial charge in [0.25, 0.3) is 0 Å². The van der Waals surface area contributed by atoms with Gasteiger partial charge in [-0.05, 0) is 31.2 Å². The van der Waals surface area contributed by atoms with E-state index in [0.29, 0.717) is 6.42 Å². The van der Waals surface area contributed by atoms with Gasteiger partial charge in [-0.2, -0.15) is 0 Å². The molecule has 0 aliphatic rings. The monoisotopic (exact) mass is 260 g/mol. The van der Waals surface area contributed by atoms with Crippen LogP contribution in [0.4, 0.5) is 0 Å². The first-order valence-electron chi connectivity index (χ1n) is 6.80. The lowest BCUT2D eigenvalue weighted by Gasteiger charge is -2.21. The molecular weight excluding hydrogens is 236 g/mol. The standard InChI is InChI=1S/C16H24N2O/c1-3-4-8-13-18(2)16(19)15(17)12-11-14-9-6-5-7-10-14/h3,5-7,9-10,15H,1,4,8,11-13,17H2,2H3/t15-/m0/s1. The second-order valence-corrected chi connectivity index (χ2v) is 4.82. The zero-order chi connectivity index (χ0) is 14.1. The van der Waals surface area contributed by atoms with Gasteiger partial charge in [-0.3, -0.25) is 4.79 Å². The number of amides is 1. The third kappa shape index (κ3) is 5.71. The van der Waals surface area contributed by atoms with Gasteiger partial charge in [0.15, 0.2) is 0 Å². The van der Waals surface area contributed by atoms with Crippen LogP contribution in [0.5, 0.6) is 0 Å². The molecule has 1 aromatic carbocycles. The molecule has 0 aliphatic carbocycles. The molecule has 0 unspecified atom stereocenters. The van der Waals surface area contributed by atoms with Crippen molar-refractivity contribution in [2.24, 2.45) is 5.73 Å². The summed E-state index contributed by atoms with van der Waals surface area (Å²) in [6, 6.07) is 9.71. The van der Waals surface area contributed by atoms with Crippen LogP contribution in [0.25, 0.3) is 0 Å². The summed E-state index contributed by atoms with van der Waals surface area (Å²) in [5.74, 6) is 0.0278. The number of hydrogen-bond donors (Lipinski definition) is 1. The summed E-state index contributed by atoms with van der Waals surface area (Å²) >= 11 is 0. The van der Waals surface area contributed by atoms with Gasteiger partial charge in [-0.15, -0.1) is 6.58 Å². The summed E-state index contributed by atoms with van der Waals surface area (Å²) in [4.78, 5) is 13.8. The number of rotatable bonds is 8. The first-order valence-corrected chi connectivity index (χ1v) is 6.80. The van der Waals surface area contributed by atoms with Crippen molar-refractivity contribution in [2.75, 3.05) is 13.6 Å². The Hall–Kier alpha value is -1.61. The molecule has 3 nitrogen and oxygen atoms in total. The average Bonchev–Trinajstić information content (AvgIpc) is 2.45. The maximum Gasteiger partial charge on any atom is 0.239 e. The van der Waals surface area contributed by atoms with Crippen molar-refractivity contribution in [1.82, 2.24) is 4.90 Å². The predicted molar refractivity (Wildman–Crippen MR) is 79.8 cm³/mol. The summed E-state index contributed by atoms with van der Waals surface area (Å²) in [6.07, 6.45) is 5.27. The van der Waals surface area contributed by atoms with Crippen LogP contribution in [-0.2, 0) is 11.2 Å². The fourth-order valence-corrected chi connectivity index (χ4v) is 1.96. The van der Waals surface area contributed by atoms with Crippen LogP contribution in [0.15, 0.2) is 43.0 Å². The van der Waals surface area contributed by atoms with E-state index in [-0.39, 0.29) is 5.91 Å². The quantitative estimate of drug-likeness (QED) is 0.576. The Labute approximate surface area is 116 Å². The predicted octanol–water partition coefficient (Wildman–Crippen LogP) is 2.37. The van der Waals surface area contributed by atoms with Gasteiger partial charge in [0.05, 0.1) is 6.04 Å². The Morgan fingerprint density at radius 3 is 2.74 bits per heavy atom. The lowest BCUT2D eigenvalue weighted by atomic mass is 10.0. The molecule has 0 bridgehead atoms. The molecule has 0 saturated carbocycles. The van der Waals surface area contributed by atoms with Gasteiger partial charge in [-0.1, -0.05) is 36.4 Å². The number of unbranched alkanes of at least 4 members (excludes halogenated alkanes) is 1. The third-order valence-electron chi connectivity index (χ3n) is 3.18. The molecule has 2 N–H and O–H groups in total. The van der Waals surface area contributed by atoms with Crippen molar-refractivity contribution >= 4 is 5.91 Å². The van der Waals surface area contributed by atoms with Gasteiger partial charge in [0, 0.05) is 13.6 Å². The highest BCUT2D eigenvalue weighted by molar-refractivity contribution is 5.81. The number of allylic oxidation sites excluding steroid dienone is 1. The van der Waals surface area contributed by atoms with Crippen LogP contribution in [0.2, 0.25) is 0 Å². The van der Waals surface area contributed by atoms with Crippen LogP contribution in [0, 0.1) is 0 Å². The molecule has 0 radical (unpaired) electrons. The molecule has 0 heterocycles. The Morgan fingerprint density at radius 1 is 1.42 bits per heavy atom. The second kappa shape index (κ2) is 8.48.